The third kappa shape index (κ3) is 1.93. The first-order chi connectivity index (χ1) is 5.15. The van der Waals surface area contributed by atoms with E-state index < -0.39 is 0 Å². The maximum absolute atomic E-state index is 5.75. The van der Waals surface area contributed by atoms with E-state index >= 15 is 0 Å². The van der Waals surface area contributed by atoms with E-state index in [0.29, 0.717) is 10.8 Å². The molecule has 0 aliphatic rings. The third-order valence-electron chi connectivity index (χ3n) is 1.21. The Bertz CT molecular complexity index is 254. The average Bonchev–Trinajstić information content (AvgIpc) is 1.99. The van der Waals surface area contributed by atoms with Crippen molar-refractivity contribution < 1.29 is 0 Å². The van der Waals surface area contributed by atoms with Crippen LogP contribution in [0, 0.1) is 6.92 Å². The van der Waals surface area contributed by atoms with Crippen molar-refractivity contribution in [2.75, 3.05) is 5.73 Å². The molecule has 0 aliphatic heterocycles. The minimum Gasteiger partial charge on any atom is -0.382 e. The minimum atomic E-state index is 0.367. The fraction of sp³-hybridized carbons (Fsp3) is 0.333. The first-order valence-electron chi connectivity index (χ1n) is 2.99. The smallest absolute Gasteiger partial charge is 0.146 e. The van der Waals surface area contributed by atoms with E-state index in [2.05, 4.69) is 32.6 Å². The molecule has 0 fully saturated rings. The molecule has 1 aromatic heterocycles. The third-order valence-corrected chi connectivity index (χ3v) is 2.36. The average molecular weight is 284 g/mol. The molecule has 0 atom stereocenters. The van der Waals surface area contributed by atoms with Crippen LogP contribution in [-0.2, 0) is 4.43 Å². The highest BCUT2D eigenvalue weighted by Gasteiger charge is 2.04. The molecule has 1 rings (SSSR count). The van der Waals surface area contributed by atoms with Gasteiger partial charge in [-0.3, -0.25) is 0 Å². The first kappa shape index (κ1) is 8.99. The van der Waals surface area contributed by atoms with E-state index in [0.717, 1.165) is 15.9 Å². The molecule has 60 valence electrons. The lowest BCUT2D eigenvalue weighted by Crippen LogP contribution is -2.00. The zero-order valence-corrected chi connectivity index (χ0v) is 8.85. The Kier molecular flexibility index (Phi) is 2.89. The summed E-state index contributed by atoms with van der Waals surface area (Å²) in [6.45, 7) is 1.82. The van der Waals surface area contributed by atoms with Gasteiger partial charge in [0.25, 0.3) is 0 Å². The number of nitrogen functional groups attached to an aromatic ring is 1. The molecule has 1 aromatic rings. The van der Waals surface area contributed by atoms with E-state index in [1.165, 1.54) is 0 Å². The van der Waals surface area contributed by atoms with Crippen LogP contribution in [0.2, 0.25) is 5.02 Å². The lowest BCUT2D eigenvalue weighted by atomic mass is 10.4. The number of anilines is 1. The lowest BCUT2D eigenvalue weighted by molar-refractivity contribution is 1.01. The van der Waals surface area contributed by atoms with Crippen molar-refractivity contribution in [3.63, 3.8) is 0 Å². The zero-order valence-electron chi connectivity index (χ0n) is 5.93. The van der Waals surface area contributed by atoms with Gasteiger partial charge in [0.1, 0.15) is 16.7 Å². The number of nitrogens with zero attached hydrogens (tertiary/aromatic N) is 2. The van der Waals surface area contributed by atoms with Gasteiger partial charge < -0.3 is 5.73 Å². The molecule has 0 bridgehead atoms. The highest BCUT2D eigenvalue weighted by molar-refractivity contribution is 14.1. The standard InChI is InChI=1S/C6H7ClIN3/c1-3-5(7)6(9)11-4(2-8)10-3/h2H2,1H3,(H2,9,10,11). The summed E-state index contributed by atoms with van der Waals surface area (Å²) >= 11 is 7.93. The maximum Gasteiger partial charge on any atom is 0.146 e. The van der Waals surface area contributed by atoms with Crippen molar-refractivity contribution in [1.29, 1.82) is 0 Å². The summed E-state index contributed by atoms with van der Waals surface area (Å²) in [7, 11) is 0. The molecular weight excluding hydrogens is 276 g/mol. The Morgan fingerprint density at radius 3 is 2.64 bits per heavy atom. The van der Waals surface area contributed by atoms with Gasteiger partial charge in [-0.2, -0.15) is 0 Å². The van der Waals surface area contributed by atoms with Crippen LogP contribution in [0.25, 0.3) is 0 Å². The molecule has 0 amide bonds. The molecule has 0 radical (unpaired) electrons. The van der Waals surface area contributed by atoms with Gasteiger partial charge in [-0.25, -0.2) is 9.97 Å². The Balaban J connectivity index is 3.21. The van der Waals surface area contributed by atoms with Crippen LogP contribution in [0.1, 0.15) is 11.5 Å². The number of aryl methyl sites for hydroxylation is 1. The Morgan fingerprint density at radius 2 is 2.18 bits per heavy atom. The van der Waals surface area contributed by atoms with Crippen LogP contribution < -0.4 is 5.73 Å². The van der Waals surface area contributed by atoms with Crippen LogP contribution in [0.3, 0.4) is 0 Å². The van der Waals surface area contributed by atoms with E-state index in [9.17, 15) is 0 Å². The van der Waals surface area contributed by atoms with Crippen molar-refractivity contribution in [3.8, 4) is 0 Å². The molecule has 0 spiro atoms. The molecule has 0 aromatic carbocycles. The summed E-state index contributed by atoms with van der Waals surface area (Å²) < 4.78 is 0.750. The van der Waals surface area contributed by atoms with Crippen molar-refractivity contribution >= 4 is 40.0 Å². The fourth-order valence-corrected chi connectivity index (χ4v) is 1.13. The largest absolute Gasteiger partial charge is 0.382 e. The van der Waals surface area contributed by atoms with Gasteiger partial charge in [0.2, 0.25) is 0 Å². The summed E-state index contributed by atoms with van der Waals surface area (Å²) in [5.41, 5.74) is 6.25. The fourth-order valence-electron chi connectivity index (χ4n) is 0.701. The molecule has 11 heavy (non-hydrogen) atoms. The van der Waals surface area contributed by atoms with Crippen LogP contribution in [-0.4, -0.2) is 9.97 Å². The summed E-state index contributed by atoms with van der Waals surface area (Å²) in [5.74, 6) is 1.09. The van der Waals surface area contributed by atoms with Gasteiger partial charge in [-0.1, -0.05) is 34.2 Å². The van der Waals surface area contributed by atoms with E-state index in [1.807, 2.05) is 6.92 Å². The first-order valence-corrected chi connectivity index (χ1v) is 4.90. The predicted molar refractivity (Wildman–Crippen MR) is 53.9 cm³/mol. The number of halogens is 2. The number of hydrogen-bond donors (Lipinski definition) is 1. The highest BCUT2D eigenvalue weighted by Crippen LogP contribution is 2.19. The number of alkyl halides is 1. The summed E-state index contributed by atoms with van der Waals surface area (Å²) in [6, 6.07) is 0. The molecule has 0 aliphatic carbocycles. The molecule has 0 unspecified atom stereocenters. The van der Waals surface area contributed by atoms with Crippen LogP contribution in [0.5, 0.6) is 0 Å². The van der Waals surface area contributed by atoms with Gasteiger partial charge >= 0.3 is 0 Å². The summed E-state index contributed by atoms with van der Waals surface area (Å²) in [4.78, 5) is 8.10. The minimum absolute atomic E-state index is 0.367. The quantitative estimate of drug-likeness (QED) is 0.633. The normalized spacial score (nSPS) is 10.1. The molecule has 3 nitrogen and oxygen atoms in total. The molecule has 1 heterocycles. The second-order valence-electron chi connectivity index (χ2n) is 2.06. The SMILES string of the molecule is Cc1nc(CI)nc(N)c1Cl. The van der Waals surface area contributed by atoms with Crippen LogP contribution in [0.15, 0.2) is 0 Å². The monoisotopic (exact) mass is 283 g/mol. The summed E-state index contributed by atoms with van der Waals surface area (Å²) in [6.07, 6.45) is 0. The topological polar surface area (TPSA) is 51.8 Å². The molecule has 0 saturated heterocycles. The molecular formula is C6H7ClIN3. The molecule has 2 N–H and O–H groups in total. The summed E-state index contributed by atoms with van der Waals surface area (Å²) in [5, 5.41) is 0.457. The lowest BCUT2D eigenvalue weighted by Gasteiger charge is -2.01. The Morgan fingerprint density at radius 1 is 1.55 bits per heavy atom. The highest BCUT2D eigenvalue weighted by atomic mass is 127. The maximum atomic E-state index is 5.75. The van der Waals surface area contributed by atoms with Crippen molar-refractivity contribution in [1.82, 2.24) is 9.97 Å². The van der Waals surface area contributed by atoms with Crippen LogP contribution >= 0.6 is 34.2 Å². The van der Waals surface area contributed by atoms with Crippen molar-refractivity contribution in [2.24, 2.45) is 0 Å². The van der Waals surface area contributed by atoms with Gasteiger partial charge in [0, 0.05) is 0 Å². The second kappa shape index (κ2) is 3.53. The molecule has 5 heteroatoms. The van der Waals surface area contributed by atoms with Crippen LogP contribution in [0.4, 0.5) is 5.82 Å². The Hall–Kier alpha value is -0.100. The number of nitrogens with two attached hydrogens (primary N) is 1. The van der Waals surface area contributed by atoms with Crippen molar-refractivity contribution in [2.45, 2.75) is 11.4 Å². The van der Waals surface area contributed by atoms with Gasteiger partial charge in [0.05, 0.1) is 10.1 Å². The number of rotatable bonds is 1. The molecule has 0 saturated carbocycles. The Labute approximate surface area is 83.5 Å². The second-order valence-corrected chi connectivity index (χ2v) is 3.20. The van der Waals surface area contributed by atoms with Gasteiger partial charge in [-0.15, -0.1) is 0 Å². The van der Waals surface area contributed by atoms with E-state index in [4.69, 9.17) is 17.3 Å². The van der Waals surface area contributed by atoms with E-state index in [-0.39, 0.29) is 0 Å². The van der Waals surface area contributed by atoms with E-state index in [1.54, 1.807) is 0 Å². The predicted octanol–water partition coefficient (Wildman–Crippen LogP) is 1.96. The number of aromatic nitrogens is 2. The van der Waals surface area contributed by atoms with Gasteiger partial charge in [0.15, 0.2) is 0 Å². The zero-order chi connectivity index (χ0) is 8.43. The number of hydrogen-bond acceptors (Lipinski definition) is 3. The van der Waals surface area contributed by atoms with Gasteiger partial charge in [-0.05, 0) is 6.92 Å². The van der Waals surface area contributed by atoms with Crippen molar-refractivity contribution in [3.05, 3.63) is 16.5 Å².